The molecule has 1 fully saturated rings. The zero-order valence-electron chi connectivity index (χ0n) is 5.71. The molecule has 2 rings (SSSR count). The van der Waals surface area contributed by atoms with Crippen molar-refractivity contribution in [2.24, 2.45) is 0 Å². The summed E-state index contributed by atoms with van der Waals surface area (Å²) >= 11 is 0. The van der Waals surface area contributed by atoms with Crippen molar-refractivity contribution in [3.63, 3.8) is 0 Å². The quantitative estimate of drug-likeness (QED) is 0.516. The third-order valence-corrected chi connectivity index (χ3v) is 1.78. The van der Waals surface area contributed by atoms with Gasteiger partial charge in [-0.15, -0.1) is 0 Å². The predicted molar refractivity (Wildman–Crippen MR) is 38.5 cm³/mol. The van der Waals surface area contributed by atoms with Gasteiger partial charge in [0.2, 0.25) is 0 Å². The molecule has 0 saturated carbocycles. The Morgan fingerprint density at radius 1 is 1.60 bits per heavy atom. The molecule has 1 radical (unpaired) electrons. The lowest BCUT2D eigenvalue weighted by molar-refractivity contribution is 0.0338. The summed E-state index contributed by atoms with van der Waals surface area (Å²) < 4.78 is 5.43. The summed E-state index contributed by atoms with van der Waals surface area (Å²) in [5.41, 5.74) is 0. The van der Waals surface area contributed by atoms with Gasteiger partial charge in [0.25, 0.3) is 0 Å². The Balaban J connectivity index is 2.09. The number of hydrogen-bond donors (Lipinski definition) is 1. The zero-order valence-corrected chi connectivity index (χ0v) is 5.71. The fourth-order valence-electron chi connectivity index (χ4n) is 1.27. The summed E-state index contributed by atoms with van der Waals surface area (Å²) in [7, 11) is 0. The maximum atomic E-state index is 5.43. The van der Waals surface area contributed by atoms with Crippen molar-refractivity contribution in [2.45, 2.75) is 12.1 Å². The van der Waals surface area contributed by atoms with Crippen LogP contribution >= 0.6 is 0 Å². The second-order valence-electron chi connectivity index (χ2n) is 2.49. The first kappa shape index (κ1) is 6.13. The number of ether oxygens (including phenoxy) is 1. The highest BCUT2D eigenvalue weighted by Gasteiger charge is 2.22. The second kappa shape index (κ2) is 2.56. The second-order valence-corrected chi connectivity index (χ2v) is 2.49. The molecule has 2 aliphatic rings. The van der Waals surface area contributed by atoms with Crippen LogP contribution in [0.15, 0.2) is 18.2 Å². The van der Waals surface area contributed by atoms with Gasteiger partial charge in [-0.05, 0) is 6.08 Å². The highest BCUT2D eigenvalue weighted by molar-refractivity contribution is 5.15. The number of allylic oxidation sites excluding steroid dienone is 2. The van der Waals surface area contributed by atoms with Crippen molar-refractivity contribution in [1.82, 2.24) is 5.32 Å². The van der Waals surface area contributed by atoms with Gasteiger partial charge < -0.3 is 10.1 Å². The zero-order chi connectivity index (χ0) is 6.81. The lowest BCUT2D eigenvalue weighted by atomic mass is 10.0. The number of morpholine rings is 1. The summed E-state index contributed by atoms with van der Waals surface area (Å²) in [6.07, 6.45) is 9.30. The van der Waals surface area contributed by atoms with Crippen LogP contribution in [-0.2, 0) is 4.74 Å². The Bertz CT molecular complexity index is 154. The number of fused-ring (bicyclic) bond motifs is 1. The minimum absolute atomic E-state index is 0.152. The Hall–Kier alpha value is -0.600. The Morgan fingerprint density at radius 3 is 3.50 bits per heavy atom. The Morgan fingerprint density at radius 2 is 2.60 bits per heavy atom. The highest BCUT2D eigenvalue weighted by atomic mass is 16.5. The summed E-state index contributed by atoms with van der Waals surface area (Å²) in [5, 5.41) is 3.33. The molecule has 0 bridgehead atoms. The van der Waals surface area contributed by atoms with E-state index in [1.165, 1.54) is 0 Å². The van der Waals surface area contributed by atoms with Crippen LogP contribution < -0.4 is 5.32 Å². The molecule has 2 unspecified atom stereocenters. The van der Waals surface area contributed by atoms with E-state index in [1.807, 2.05) is 12.2 Å². The van der Waals surface area contributed by atoms with Crippen LogP contribution in [0, 0.1) is 6.08 Å². The summed E-state index contributed by atoms with van der Waals surface area (Å²) in [4.78, 5) is 0. The highest BCUT2D eigenvalue weighted by Crippen LogP contribution is 2.10. The number of rotatable bonds is 0. The van der Waals surface area contributed by atoms with Crippen molar-refractivity contribution >= 4 is 0 Å². The van der Waals surface area contributed by atoms with Gasteiger partial charge in [-0.3, -0.25) is 0 Å². The SMILES string of the molecule is [C]1=CC=CC2NCCOC12. The van der Waals surface area contributed by atoms with Crippen LogP contribution in [0.25, 0.3) is 0 Å². The fraction of sp³-hybridized carbons (Fsp3) is 0.500. The summed E-state index contributed by atoms with van der Waals surface area (Å²) in [6.45, 7) is 1.75. The van der Waals surface area contributed by atoms with Crippen LogP contribution in [0.5, 0.6) is 0 Å². The average Bonchev–Trinajstić information content (AvgIpc) is 2.05. The van der Waals surface area contributed by atoms with Crippen LogP contribution in [0.4, 0.5) is 0 Å². The summed E-state index contributed by atoms with van der Waals surface area (Å²) in [5.74, 6) is 0. The minimum atomic E-state index is 0.152. The molecule has 2 nitrogen and oxygen atoms in total. The first-order valence-electron chi connectivity index (χ1n) is 3.58. The lowest BCUT2D eigenvalue weighted by Gasteiger charge is -2.29. The molecule has 2 atom stereocenters. The Kier molecular flexibility index (Phi) is 1.57. The van der Waals surface area contributed by atoms with Gasteiger partial charge >= 0.3 is 0 Å². The molecule has 53 valence electrons. The summed E-state index contributed by atoms with van der Waals surface area (Å²) in [6, 6.07) is 0.360. The fourth-order valence-corrected chi connectivity index (χ4v) is 1.27. The van der Waals surface area contributed by atoms with E-state index in [-0.39, 0.29) is 6.10 Å². The van der Waals surface area contributed by atoms with Gasteiger partial charge in [0.15, 0.2) is 0 Å². The minimum Gasteiger partial charge on any atom is -0.370 e. The van der Waals surface area contributed by atoms with Gasteiger partial charge in [0, 0.05) is 6.54 Å². The monoisotopic (exact) mass is 136 g/mol. The molecule has 0 aromatic rings. The van der Waals surface area contributed by atoms with Crippen molar-refractivity contribution in [3.05, 3.63) is 24.3 Å². The van der Waals surface area contributed by atoms with Crippen LogP contribution in [0.2, 0.25) is 0 Å². The van der Waals surface area contributed by atoms with Crippen molar-refractivity contribution in [1.29, 1.82) is 0 Å². The average molecular weight is 136 g/mol. The molecule has 0 amide bonds. The molecule has 0 spiro atoms. The topological polar surface area (TPSA) is 21.3 Å². The Labute approximate surface area is 60.6 Å². The maximum absolute atomic E-state index is 5.43. The van der Waals surface area contributed by atoms with Crippen molar-refractivity contribution < 1.29 is 4.74 Å². The molecular weight excluding hydrogens is 126 g/mol. The molecule has 1 aliphatic carbocycles. The number of nitrogens with one attached hydrogen (secondary N) is 1. The van der Waals surface area contributed by atoms with E-state index in [0.29, 0.717) is 6.04 Å². The third-order valence-electron chi connectivity index (χ3n) is 1.78. The van der Waals surface area contributed by atoms with Crippen LogP contribution in [0.3, 0.4) is 0 Å². The normalized spacial score (nSPS) is 37.6. The predicted octanol–water partition coefficient (Wildman–Crippen LogP) is 0.273. The first-order chi connectivity index (χ1) is 4.97. The van der Waals surface area contributed by atoms with E-state index in [1.54, 1.807) is 0 Å². The van der Waals surface area contributed by atoms with Crippen LogP contribution in [-0.4, -0.2) is 25.3 Å². The van der Waals surface area contributed by atoms with Crippen molar-refractivity contribution in [2.75, 3.05) is 13.2 Å². The molecule has 1 heterocycles. The molecule has 2 heteroatoms. The van der Waals surface area contributed by atoms with E-state index in [0.717, 1.165) is 13.2 Å². The smallest absolute Gasteiger partial charge is 0.102 e. The van der Waals surface area contributed by atoms with Gasteiger partial charge in [-0.2, -0.15) is 0 Å². The van der Waals surface area contributed by atoms with Crippen molar-refractivity contribution in [3.8, 4) is 0 Å². The maximum Gasteiger partial charge on any atom is 0.102 e. The van der Waals surface area contributed by atoms with E-state index in [4.69, 9.17) is 4.74 Å². The molecule has 1 aliphatic heterocycles. The third kappa shape index (κ3) is 1.00. The molecule has 0 aromatic carbocycles. The van der Waals surface area contributed by atoms with E-state index in [2.05, 4.69) is 17.5 Å². The molecule has 1 N–H and O–H groups in total. The van der Waals surface area contributed by atoms with E-state index < -0.39 is 0 Å². The van der Waals surface area contributed by atoms with Gasteiger partial charge in [0.05, 0.1) is 12.6 Å². The van der Waals surface area contributed by atoms with Gasteiger partial charge in [-0.25, -0.2) is 0 Å². The van der Waals surface area contributed by atoms with Gasteiger partial charge in [-0.1, -0.05) is 18.2 Å². The largest absolute Gasteiger partial charge is 0.370 e. The lowest BCUT2D eigenvalue weighted by Crippen LogP contribution is -2.47. The number of hydrogen-bond acceptors (Lipinski definition) is 2. The first-order valence-corrected chi connectivity index (χ1v) is 3.58. The van der Waals surface area contributed by atoms with E-state index >= 15 is 0 Å². The van der Waals surface area contributed by atoms with Crippen LogP contribution in [0.1, 0.15) is 0 Å². The molecular formula is C8H10NO. The van der Waals surface area contributed by atoms with Gasteiger partial charge in [0.1, 0.15) is 6.10 Å². The molecule has 10 heavy (non-hydrogen) atoms. The molecule has 0 aromatic heterocycles. The standard InChI is InChI=1S/C8H10NO/c1-2-4-8-7(3-1)9-5-6-10-8/h1-3,7-9H,5-6H2. The molecule has 1 saturated heterocycles. The van der Waals surface area contributed by atoms with E-state index in [9.17, 15) is 0 Å².